The van der Waals surface area contributed by atoms with E-state index in [1.54, 1.807) is 0 Å². The smallest absolute Gasteiger partial charge is 0.282 e. The minimum Gasteiger partial charge on any atom is -0.327 e. The van der Waals surface area contributed by atoms with Crippen LogP contribution in [0.4, 0.5) is 45.5 Å². The van der Waals surface area contributed by atoms with Gasteiger partial charge >= 0.3 is 0 Å². The summed E-state index contributed by atoms with van der Waals surface area (Å²) in [7, 11) is 14.3. The molecule has 0 spiro atoms. The number of anilines is 4. The lowest BCUT2D eigenvalue weighted by Crippen LogP contribution is -2.55. The van der Waals surface area contributed by atoms with Crippen LogP contribution in [0.5, 0.6) is 0 Å². The highest BCUT2D eigenvalue weighted by atomic mass is 35.5. The van der Waals surface area contributed by atoms with E-state index in [0.717, 1.165) is 66.9 Å². The predicted octanol–water partition coefficient (Wildman–Crippen LogP) is 18.0. The number of hydrogen-bond acceptors (Lipinski definition) is 5. The Morgan fingerprint density at radius 3 is 1.47 bits per heavy atom. The van der Waals surface area contributed by atoms with Gasteiger partial charge in [-0.25, -0.2) is 4.25 Å². The van der Waals surface area contributed by atoms with Crippen molar-refractivity contribution in [3.05, 3.63) is 258 Å². The minimum absolute atomic E-state index is 0.333. The van der Waals surface area contributed by atoms with Crippen molar-refractivity contribution in [2.75, 3.05) is 123 Å². The molecule has 90 heavy (non-hydrogen) atoms. The molecular weight excluding hydrogens is 1200 g/mol. The molecule has 0 bridgehead atoms. The third-order valence-corrected chi connectivity index (χ3v) is 28.7. The van der Waals surface area contributed by atoms with Crippen molar-refractivity contribution in [2.45, 2.75) is 6.54 Å². The topological polar surface area (TPSA) is 30.0 Å². The van der Waals surface area contributed by atoms with Gasteiger partial charge in [0, 0.05) is 64.2 Å². The first kappa shape index (κ1) is 63.1. The number of quaternary nitrogens is 4. The normalized spacial score (nSPS) is 24.0. The van der Waals surface area contributed by atoms with Crippen LogP contribution in [-0.2, 0) is 11.1 Å². The highest BCUT2D eigenvalue weighted by Crippen LogP contribution is 2.59. The monoisotopic (exact) mass is 1290 g/mol. The molecule has 11 aromatic rings. The Hall–Kier alpha value is -7.09. The maximum Gasteiger partial charge on any atom is 0.282 e. The lowest BCUT2D eigenvalue weighted by molar-refractivity contribution is 0.311. The maximum atomic E-state index is 14.0. The summed E-state index contributed by atoms with van der Waals surface area (Å²) in [5.41, 5.74) is 11.4. The van der Waals surface area contributed by atoms with Gasteiger partial charge in [-0.05, 0) is 112 Å². The molecule has 0 aromatic heterocycles. The summed E-state index contributed by atoms with van der Waals surface area (Å²) in [4.78, 5) is 9.29. The number of hydrogen-bond donors (Lipinski definition) is 0. The summed E-state index contributed by atoms with van der Waals surface area (Å²) >= 11 is 12.5. The van der Waals surface area contributed by atoms with Crippen LogP contribution in [0.2, 0.25) is 10.0 Å². The fraction of sp³-hybridized carbons (Fsp3) is 0.211. The number of para-hydroxylation sites is 4. The molecule has 0 fully saturated rings. The fourth-order valence-corrected chi connectivity index (χ4v) is 22.1. The molecule has 458 valence electrons. The number of halogens is 2. The van der Waals surface area contributed by atoms with E-state index < -0.39 is 7.29 Å². The van der Waals surface area contributed by atoms with E-state index in [4.69, 9.17) is 23.2 Å². The molecule has 15 rings (SSSR count). The Bertz CT molecular complexity index is 4460. The van der Waals surface area contributed by atoms with E-state index in [1.165, 1.54) is 76.9 Å². The molecule has 0 amide bonds. The van der Waals surface area contributed by atoms with E-state index in [-0.39, 0.29) is 16.1 Å². The van der Waals surface area contributed by atoms with Crippen LogP contribution in [0.3, 0.4) is 0 Å². The van der Waals surface area contributed by atoms with Crippen LogP contribution in [0, 0.1) is 0 Å². The van der Waals surface area contributed by atoms with Crippen LogP contribution in [-0.4, -0.2) is 103 Å². The third-order valence-electron chi connectivity index (χ3n) is 19.4. The zero-order chi connectivity index (χ0) is 63.3. The second kappa shape index (κ2) is 25.2. The van der Waals surface area contributed by atoms with Crippen LogP contribution in [0.25, 0.3) is 32.3 Å². The average molecular weight is 1290 g/mol. The second-order valence-corrected chi connectivity index (χ2v) is 34.2. The number of nitrogens with zero attached hydrogens (tertiary/aromatic N) is 8. The lowest BCUT2D eigenvalue weighted by atomic mass is 10.1. The second-order valence-electron chi connectivity index (χ2n) is 25.5. The first-order valence-corrected chi connectivity index (χ1v) is 37.1. The number of rotatable bonds is 4. The van der Waals surface area contributed by atoms with Gasteiger partial charge in [-0.1, -0.05) is 181 Å². The van der Waals surface area contributed by atoms with Crippen molar-refractivity contribution < 1.29 is 4.57 Å². The minimum atomic E-state index is -2.67. The molecule has 0 N–H and O–H groups in total. The largest absolute Gasteiger partial charge is 0.327 e. The van der Waals surface area contributed by atoms with Gasteiger partial charge in [-0.2, -0.15) is 0 Å². The highest BCUT2D eigenvalue weighted by molar-refractivity contribution is 7.71. The van der Waals surface area contributed by atoms with Gasteiger partial charge in [0.2, 0.25) is 0 Å². The van der Waals surface area contributed by atoms with Crippen molar-refractivity contribution >= 4 is 140 Å². The summed E-state index contributed by atoms with van der Waals surface area (Å²) in [5, 5.41) is 13.2. The first-order valence-electron chi connectivity index (χ1n) is 30.7. The molecule has 4 aliphatic rings. The highest BCUT2D eigenvalue weighted by Gasteiger charge is 2.50. The van der Waals surface area contributed by atoms with Gasteiger partial charge < -0.3 is 19.6 Å². The number of fused-ring (bicyclic) bond motifs is 9. The zero-order valence-electron chi connectivity index (χ0n) is 53.7. The molecule has 0 saturated heterocycles. The van der Waals surface area contributed by atoms with E-state index in [9.17, 15) is 4.57 Å². The predicted molar refractivity (Wildman–Crippen MR) is 400 cm³/mol. The van der Waals surface area contributed by atoms with Gasteiger partial charge in [0.1, 0.15) is 45.4 Å². The summed E-state index contributed by atoms with van der Waals surface area (Å²) in [6.07, 6.45) is 0. The van der Waals surface area contributed by atoms with Crippen LogP contribution in [0.15, 0.2) is 243 Å². The van der Waals surface area contributed by atoms with E-state index >= 15 is 0 Å². The van der Waals surface area contributed by atoms with Crippen molar-refractivity contribution in [3.63, 3.8) is 0 Å². The Morgan fingerprint density at radius 2 is 0.878 bits per heavy atom. The van der Waals surface area contributed by atoms with E-state index in [0.29, 0.717) is 15.9 Å². The molecule has 4 aliphatic heterocycles. The van der Waals surface area contributed by atoms with Gasteiger partial charge in [-0.3, -0.25) is 17.6 Å². The summed E-state index contributed by atoms with van der Waals surface area (Å²) in [6, 6.07) is 85.8. The fourth-order valence-electron chi connectivity index (χ4n) is 14.3. The molecule has 0 radical (unpaired) electrons. The van der Waals surface area contributed by atoms with Crippen molar-refractivity contribution in [2.24, 2.45) is 0 Å². The first-order chi connectivity index (χ1) is 43.1. The molecule has 0 saturated carbocycles. The zero-order valence-corrected chi connectivity index (χ0v) is 57.9. The molecule has 7 unspecified atom stereocenters. The summed E-state index contributed by atoms with van der Waals surface area (Å²) < 4.78 is 17.2. The molecule has 4 heterocycles. The Kier molecular flexibility index (Phi) is 17.7. The Morgan fingerprint density at radius 1 is 0.422 bits per heavy atom. The Balaban J connectivity index is 0.000000116. The van der Waals surface area contributed by atoms with Crippen LogP contribution in [0.1, 0.15) is 5.56 Å². The summed E-state index contributed by atoms with van der Waals surface area (Å²) in [6.45, 7) is 11.3. The SMILES string of the molecule is CN1C[N+](C)(c2ccccc2)Cc2cc(Cl)cc(Cl)c21.CN1C[N+](C)(c2ccccc2)P(C)(=O)c2ccc3ccccc3c21.CN1C[N+](C)(c2ccccc2)P(C)c2c1ccc1ccccc21.CN1C[N+](C)(c2ccccc2)P(C)c2cc3ccccc3cc21. The maximum absolute atomic E-state index is 14.0. The molecular formula is C76H83Cl2N8OP3+4. The third kappa shape index (κ3) is 11.5. The van der Waals surface area contributed by atoms with Crippen molar-refractivity contribution in [1.29, 1.82) is 0 Å². The van der Waals surface area contributed by atoms with E-state index in [2.05, 4.69) is 290 Å². The lowest BCUT2D eigenvalue weighted by Gasteiger charge is -2.46. The van der Waals surface area contributed by atoms with Gasteiger partial charge in [-0.15, -0.1) is 0 Å². The summed E-state index contributed by atoms with van der Waals surface area (Å²) in [5.74, 6) is 0. The van der Waals surface area contributed by atoms with Crippen LogP contribution < -0.4 is 52.8 Å². The molecule has 11 aromatic carbocycles. The molecule has 7 atom stereocenters. The standard InChI is InChI=1S/C20H22N2OP.2C20H22N2P.C16H17Cl2N2/c1-21-15-22(2,17-10-5-4-6-11-17)24(3,23)19-14-13-16-9-7-8-12-18(16)20(19)21;1-21-15-22(2,18-11-5-4-6-12-18)23(3)20-14-17-10-8-7-9-16(17)13-19(20)21;1-21-15-22(2,17-10-5-4-6-11-17)23(3)20-18-12-8-7-9-16(18)13-14-19(20)21;1-19-11-20(2,14-6-4-3-5-7-14)10-12-8-13(17)9-15(18)16(12)19/h4-14H,15H2,1-3H3;2*4-14H,15H2,1-3H3;3-9H,10-11H2,1-2H3/q4*+1. The van der Waals surface area contributed by atoms with Gasteiger partial charge in [0.15, 0.2) is 26.7 Å². The van der Waals surface area contributed by atoms with Gasteiger partial charge in [0.25, 0.3) is 7.29 Å². The molecule has 14 heteroatoms. The molecule has 9 nitrogen and oxygen atoms in total. The quantitative estimate of drug-likeness (QED) is 0.129. The molecule has 0 aliphatic carbocycles. The van der Waals surface area contributed by atoms with Crippen molar-refractivity contribution in [3.8, 4) is 0 Å². The van der Waals surface area contributed by atoms with E-state index in [1.807, 2.05) is 49.1 Å². The van der Waals surface area contributed by atoms with Gasteiger partial charge in [0.05, 0.1) is 71.9 Å². The number of benzene rings is 11. The Labute approximate surface area is 546 Å². The van der Waals surface area contributed by atoms with Crippen LogP contribution >= 0.6 is 46.6 Å². The average Bonchev–Trinajstić information content (AvgIpc) is 0.742. The van der Waals surface area contributed by atoms with Crippen molar-refractivity contribution in [1.82, 2.24) is 17.2 Å².